The third-order valence-corrected chi connectivity index (χ3v) is 10.2. The fourth-order valence-electron chi connectivity index (χ4n) is 5.65. The average molecular weight is 668 g/mol. The number of likely N-dealkylation sites (tertiary alicyclic amines) is 1. The maximum absolute atomic E-state index is 13.6. The zero-order valence-electron chi connectivity index (χ0n) is 27.5. The zero-order valence-corrected chi connectivity index (χ0v) is 28.3. The van der Waals surface area contributed by atoms with Gasteiger partial charge in [-0.1, -0.05) is 26.8 Å². The van der Waals surface area contributed by atoms with E-state index in [-0.39, 0.29) is 50.2 Å². The van der Waals surface area contributed by atoms with Crippen molar-refractivity contribution in [3.63, 3.8) is 0 Å². The standard InChI is InChI=1S/C34H43F2N7O3S/c1-21(33(2,3)4)38-17-22-8-9-26-25(15-22)40-32(41-30(44)28-11-10-27(47-28)29(35)36)43(26)18-24-7-6-14-42(24)31(45)23(16-37)12-13-39-34(5)19-46-20-34/h8-12,15,21,24,29,38-39H,6-7,13-14,17-20H2,1-5H3,(H,40,41,44). The summed E-state index contributed by atoms with van der Waals surface area (Å²) >= 11 is 0.741. The molecule has 2 aromatic heterocycles. The molecule has 3 N–H and O–H groups in total. The minimum atomic E-state index is -2.66. The van der Waals surface area contributed by atoms with E-state index in [2.05, 4.69) is 49.7 Å². The number of nitrogens with one attached hydrogen (secondary N) is 3. The molecule has 0 saturated carbocycles. The van der Waals surface area contributed by atoms with Gasteiger partial charge < -0.3 is 24.8 Å². The molecule has 0 aliphatic carbocycles. The third kappa shape index (κ3) is 8.06. The van der Waals surface area contributed by atoms with Crippen molar-refractivity contribution in [2.45, 2.75) is 84.6 Å². The van der Waals surface area contributed by atoms with Crippen molar-refractivity contribution in [1.29, 1.82) is 5.26 Å². The van der Waals surface area contributed by atoms with Gasteiger partial charge in [0.15, 0.2) is 0 Å². The number of rotatable bonds is 12. The van der Waals surface area contributed by atoms with Gasteiger partial charge in [-0.2, -0.15) is 5.26 Å². The number of halogens is 2. The van der Waals surface area contributed by atoms with Crippen LogP contribution in [0.2, 0.25) is 0 Å². The number of amides is 2. The summed E-state index contributed by atoms with van der Waals surface area (Å²) in [6.45, 7) is 13.7. The third-order valence-electron chi connectivity index (χ3n) is 9.07. The maximum Gasteiger partial charge on any atom is 0.272 e. The lowest BCUT2D eigenvalue weighted by Gasteiger charge is -2.38. The zero-order chi connectivity index (χ0) is 33.9. The van der Waals surface area contributed by atoms with Crippen molar-refractivity contribution in [2.24, 2.45) is 5.41 Å². The molecule has 5 rings (SSSR count). The summed E-state index contributed by atoms with van der Waals surface area (Å²) in [5, 5.41) is 19.6. The quantitative estimate of drug-likeness (QED) is 0.169. The second-order valence-electron chi connectivity index (χ2n) is 13.8. The highest BCUT2D eigenvalue weighted by Gasteiger charge is 2.34. The van der Waals surface area contributed by atoms with E-state index in [1.54, 1.807) is 11.0 Å². The normalized spacial score (nSPS) is 18.7. The molecule has 2 aliphatic rings. The topological polar surface area (TPSA) is 124 Å². The van der Waals surface area contributed by atoms with Crippen molar-refractivity contribution in [2.75, 3.05) is 31.6 Å². The molecule has 2 amide bonds. The van der Waals surface area contributed by atoms with Crippen molar-refractivity contribution in [1.82, 2.24) is 25.1 Å². The van der Waals surface area contributed by atoms with E-state index < -0.39 is 12.3 Å². The first-order valence-electron chi connectivity index (χ1n) is 15.9. The lowest BCUT2D eigenvalue weighted by atomic mass is 9.88. The molecule has 13 heteroatoms. The highest BCUT2D eigenvalue weighted by molar-refractivity contribution is 7.14. The fraction of sp³-hybridized carbons (Fsp3) is 0.529. The lowest BCUT2D eigenvalue weighted by molar-refractivity contribution is -0.127. The Labute approximate surface area is 278 Å². The first-order chi connectivity index (χ1) is 22.3. The highest BCUT2D eigenvalue weighted by atomic mass is 32.1. The molecular formula is C34H43F2N7O3S. The number of hydrogen-bond acceptors (Lipinski definition) is 8. The lowest BCUT2D eigenvalue weighted by Crippen LogP contribution is -2.58. The second kappa shape index (κ2) is 14.2. The number of imidazole rings is 1. The van der Waals surface area contributed by atoms with Gasteiger partial charge in [-0.3, -0.25) is 14.9 Å². The number of aromatic nitrogens is 2. The fourth-order valence-corrected chi connectivity index (χ4v) is 6.41. The van der Waals surface area contributed by atoms with E-state index in [9.17, 15) is 23.6 Å². The van der Waals surface area contributed by atoms with E-state index in [0.29, 0.717) is 51.3 Å². The van der Waals surface area contributed by atoms with Crippen molar-refractivity contribution >= 4 is 40.1 Å². The highest BCUT2D eigenvalue weighted by Crippen LogP contribution is 2.30. The Bertz CT molecular complexity index is 1680. The summed E-state index contributed by atoms with van der Waals surface area (Å²) < 4.78 is 33.6. The van der Waals surface area contributed by atoms with Crippen molar-refractivity contribution < 1.29 is 23.1 Å². The number of nitrogens with zero attached hydrogens (tertiary/aromatic N) is 4. The minimum absolute atomic E-state index is 0.0754. The minimum Gasteiger partial charge on any atom is -0.377 e. The molecular weight excluding hydrogens is 624 g/mol. The number of alkyl halides is 2. The molecule has 2 fully saturated rings. The van der Waals surface area contributed by atoms with Gasteiger partial charge in [-0.05, 0) is 68.0 Å². The Kier molecular flexibility index (Phi) is 10.5. The van der Waals surface area contributed by atoms with Crippen LogP contribution in [-0.2, 0) is 22.6 Å². The summed E-state index contributed by atoms with van der Waals surface area (Å²) in [5.74, 6) is -0.603. The molecule has 0 radical (unpaired) electrons. The van der Waals surface area contributed by atoms with Crippen LogP contribution >= 0.6 is 11.3 Å². The average Bonchev–Trinajstić information content (AvgIpc) is 3.76. The Hall–Kier alpha value is -3.70. The monoisotopic (exact) mass is 667 g/mol. The first kappa shape index (κ1) is 34.6. The molecule has 2 unspecified atom stereocenters. The Morgan fingerprint density at radius 3 is 2.66 bits per heavy atom. The van der Waals surface area contributed by atoms with E-state index in [4.69, 9.17) is 9.72 Å². The predicted octanol–water partition coefficient (Wildman–Crippen LogP) is 5.63. The van der Waals surface area contributed by atoms with E-state index in [1.807, 2.05) is 29.7 Å². The molecule has 0 bridgehead atoms. The van der Waals surface area contributed by atoms with Crippen LogP contribution in [0, 0.1) is 16.7 Å². The van der Waals surface area contributed by atoms with Crippen LogP contribution in [0.25, 0.3) is 11.0 Å². The van der Waals surface area contributed by atoms with Gasteiger partial charge in [0.2, 0.25) is 5.95 Å². The van der Waals surface area contributed by atoms with Crippen LogP contribution in [-0.4, -0.2) is 70.2 Å². The molecule has 1 aromatic carbocycles. The number of anilines is 1. The van der Waals surface area contributed by atoms with E-state index in [1.165, 1.54) is 12.1 Å². The molecule has 2 atom stereocenters. The first-order valence-corrected chi connectivity index (χ1v) is 16.8. The Morgan fingerprint density at radius 2 is 2.02 bits per heavy atom. The summed E-state index contributed by atoms with van der Waals surface area (Å²) in [6.07, 6.45) is 0.443. The van der Waals surface area contributed by atoms with Gasteiger partial charge in [-0.25, -0.2) is 13.8 Å². The summed E-state index contributed by atoms with van der Waals surface area (Å²) in [7, 11) is 0. The number of nitriles is 1. The number of benzene rings is 1. The van der Waals surface area contributed by atoms with E-state index in [0.717, 1.165) is 28.8 Å². The predicted molar refractivity (Wildman–Crippen MR) is 178 cm³/mol. The molecule has 10 nitrogen and oxygen atoms in total. The number of hydrogen-bond donors (Lipinski definition) is 3. The molecule has 252 valence electrons. The molecule has 0 spiro atoms. The van der Waals surface area contributed by atoms with Gasteiger partial charge >= 0.3 is 0 Å². The maximum atomic E-state index is 13.6. The van der Waals surface area contributed by atoms with Crippen molar-refractivity contribution in [3.8, 4) is 6.07 Å². The number of ether oxygens (including phenoxy) is 1. The van der Waals surface area contributed by atoms with Gasteiger partial charge in [0.25, 0.3) is 18.2 Å². The molecule has 47 heavy (non-hydrogen) atoms. The Morgan fingerprint density at radius 1 is 1.26 bits per heavy atom. The molecule has 2 saturated heterocycles. The van der Waals surface area contributed by atoms with Crippen LogP contribution in [0.3, 0.4) is 0 Å². The summed E-state index contributed by atoms with van der Waals surface area (Å²) in [5.41, 5.74) is 2.45. The summed E-state index contributed by atoms with van der Waals surface area (Å²) in [6, 6.07) is 10.7. The van der Waals surface area contributed by atoms with Gasteiger partial charge in [0, 0.05) is 32.2 Å². The molecule has 4 heterocycles. The number of carbonyl (C=O) groups is 2. The number of fused-ring (bicyclic) bond motifs is 1. The van der Waals surface area contributed by atoms with Crippen LogP contribution in [0.15, 0.2) is 42.0 Å². The van der Waals surface area contributed by atoms with Crippen LogP contribution in [0.5, 0.6) is 0 Å². The second-order valence-corrected chi connectivity index (χ2v) is 14.9. The van der Waals surface area contributed by atoms with Gasteiger partial charge in [-0.15, -0.1) is 11.3 Å². The number of thiophene rings is 1. The molecule has 3 aromatic rings. The van der Waals surface area contributed by atoms with Gasteiger partial charge in [0.05, 0.1) is 45.6 Å². The van der Waals surface area contributed by atoms with Crippen molar-refractivity contribution in [3.05, 3.63) is 57.3 Å². The van der Waals surface area contributed by atoms with E-state index >= 15 is 0 Å². The Balaban J connectivity index is 1.40. The summed E-state index contributed by atoms with van der Waals surface area (Å²) in [4.78, 5) is 33.3. The van der Waals surface area contributed by atoms with Crippen LogP contribution in [0.4, 0.5) is 14.7 Å². The smallest absolute Gasteiger partial charge is 0.272 e. The SMILES string of the molecule is CC(NCc1ccc2c(c1)nc(NC(=O)c1ccc(C(F)F)s1)n2CC1CCCN1C(=O)C(C#N)=CCNC1(C)COC1)C(C)(C)C. The van der Waals surface area contributed by atoms with Crippen LogP contribution in [0.1, 0.15) is 74.0 Å². The molecule has 2 aliphatic heterocycles. The van der Waals surface area contributed by atoms with Crippen LogP contribution < -0.4 is 16.0 Å². The number of carbonyl (C=O) groups excluding carboxylic acids is 2. The van der Waals surface area contributed by atoms with Gasteiger partial charge in [0.1, 0.15) is 11.6 Å². The largest absolute Gasteiger partial charge is 0.377 e.